The largest absolute Gasteiger partial charge is 0.507 e. The Bertz CT molecular complexity index is 697. The van der Waals surface area contributed by atoms with Gasteiger partial charge in [0.2, 0.25) is 0 Å². The van der Waals surface area contributed by atoms with E-state index in [4.69, 9.17) is 0 Å². The molecule has 7 heteroatoms. The number of carbonyl (C=O) groups excluding carboxylic acids is 1. The highest BCUT2D eigenvalue weighted by Crippen LogP contribution is 2.21. The molecule has 0 aliphatic heterocycles. The quantitative estimate of drug-likeness (QED) is 0.508. The highest BCUT2D eigenvalue weighted by molar-refractivity contribution is 9.11. The average Bonchev–Trinajstić information content (AvgIpc) is 2.40. The van der Waals surface area contributed by atoms with E-state index >= 15 is 0 Å². The summed E-state index contributed by atoms with van der Waals surface area (Å²) in [7, 11) is 0. The zero-order valence-corrected chi connectivity index (χ0v) is 15.2. The van der Waals surface area contributed by atoms with Gasteiger partial charge in [-0.3, -0.25) is 4.79 Å². The minimum Gasteiger partial charge on any atom is -0.507 e. The molecule has 0 aliphatic carbocycles. The molecule has 21 heavy (non-hydrogen) atoms. The fraction of sp³-hybridized carbons (Fsp3) is 0. The van der Waals surface area contributed by atoms with Crippen molar-refractivity contribution in [3.05, 3.63) is 60.9 Å². The molecular weight excluding hydrogens is 468 g/mol. The molecule has 0 aromatic heterocycles. The molecule has 0 atom stereocenters. The first-order valence-corrected chi connectivity index (χ1v) is 8.11. The van der Waals surface area contributed by atoms with Crippen LogP contribution in [0.3, 0.4) is 0 Å². The summed E-state index contributed by atoms with van der Waals surface area (Å²) >= 11 is 9.88. The lowest BCUT2D eigenvalue weighted by atomic mass is 10.2. The average molecular weight is 477 g/mol. The van der Waals surface area contributed by atoms with Crippen molar-refractivity contribution in [1.29, 1.82) is 0 Å². The van der Waals surface area contributed by atoms with Crippen molar-refractivity contribution in [2.24, 2.45) is 5.10 Å². The summed E-state index contributed by atoms with van der Waals surface area (Å²) in [6.07, 6.45) is 1.38. The van der Waals surface area contributed by atoms with Gasteiger partial charge in [0.05, 0.1) is 6.21 Å². The Morgan fingerprint density at radius 2 is 1.71 bits per heavy atom. The van der Waals surface area contributed by atoms with Gasteiger partial charge in [-0.1, -0.05) is 47.8 Å². The van der Waals surface area contributed by atoms with Gasteiger partial charge in [-0.25, -0.2) is 5.43 Å². The van der Waals surface area contributed by atoms with Crippen LogP contribution < -0.4 is 5.43 Å². The molecule has 2 rings (SSSR count). The van der Waals surface area contributed by atoms with Gasteiger partial charge in [-0.05, 0) is 36.4 Å². The molecule has 0 saturated heterocycles. The van der Waals surface area contributed by atoms with Crippen LogP contribution in [-0.4, -0.2) is 17.2 Å². The van der Waals surface area contributed by atoms with Crippen molar-refractivity contribution in [3.63, 3.8) is 0 Å². The summed E-state index contributed by atoms with van der Waals surface area (Å²) in [5.74, 6) is -0.266. The maximum Gasteiger partial charge on any atom is 0.271 e. The Morgan fingerprint density at radius 1 is 1.05 bits per heavy atom. The van der Waals surface area contributed by atoms with Crippen molar-refractivity contribution in [1.82, 2.24) is 5.43 Å². The second kappa shape index (κ2) is 7.20. The fourth-order valence-electron chi connectivity index (χ4n) is 1.54. The molecule has 0 unspecified atom stereocenters. The van der Waals surface area contributed by atoms with Gasteiger partial charge in [-0.15, -0.1) is 0 Å². The number of nitrogens with one attached hydrogen (secondary N) is 1. The molecule has 2 N–H and O–H groups in total. The highest BCUT2D eigenvalue weighted by Gasteiger charge is 2.06. The highest BCUT2D eigenvalue weighted by atomic mass is 79.9. The van der Waals surface area contributed by atoms with Gasteiger partial charge in [-0.2, -0.15) is 5.10 Å². The third-order valence-electron chi connectivity index (χ3n) is 2.49. The van der Waals surface area contributed by atoms with Crippen molar-refractivity contribution < 1.29 is 9.90 Å². The molecule has 0 radical (unpaired) electrons. The fourth-order valence-corrected chi connectivity index (χ4v) is 3.18. The molecular formula is C14H9Br3N2O2. The maximum absolute atomic E-state index is 11.9. The molecule has 1 amide bonds. The van der Waals surface area contributed by atoms with Crippen LogP contribution in [0.2, 0.25) is 0 Å². The minimum atomic E-state index is -0.343. The topological polar surface area (TPSA) is 61.7 Å². The van der Waals surface area contributed by atoms with E-state index in [0.29, 0.717) is 11.1 Å². The lowest BCUT2D eigenvalue weighted by molar-refractivity contribution is 0.0955. The Kier molecular flexibility index (Phi) is 5.55. The number of amides is 1. The predicted molar refractivity (Wildman–Crippen MR) is 92.7 cm³/mol. The van der Waals surface area contributed by atoms with Gasteiger partial charge in [0.1, 0.15) is 5.75 Å². The van der Waals surface area contributed by atoms with Crippen LogP contribution in [0.4, 0.5) is 0 Å². The number of hydrazone groups is 1. The first kappa shape index (κ1) is 16.2. The number of benzene rings is 2. The summed E-state index contributed by atoms with van der Waals surface area (Å²) in [6, 6.07) is 10.2. The Hall–Kier alpha value is -1.18. The number of aromatic hydroxyl groups is 1. The molecule has 0 aliphatic rings. The number of nitrogens with zero attached hydrogens (tertiary/aromatic N) is 1. The molecule has 0 fully saturated rings. The molecule has 0 heterocycles. The lowest BCUT2D eigenvalue weighted by Gasteiger charge is -2.02. The summed E-state index contributed by atoms with van der Waals surface area (Å²) in [4.78, 5) is 11.9. The first-order valence-electron chi connectivity index (χ1n) is 5.74. The standard InChI is InChI=1S/C14H9Br3N2O2/c15-10-2-1-8(13(20)6-10)7-18-19-14(21)9-3-11(16)5-12(17)4-9/h1-7,20H,(H,19,21). The lowest BCUT2D eigenvalue weighted by Crippen LogP contribution is -2.17. The summed E-state index contributed by atoms with van der Waals surface area (Å²) in [6.45, 7) is 0. The number of hydrogen-bond donors (Lipinski definition) is 2. The van der Waals surface area contributed by atoms with Crippen molar-refractivity contribution in [3.8, 4) is 5.75 Å². The molecule has 2 aromatic rings. The smallest absolute Gasteiger partial charge is 0.271 e. The van der Waals surface area contributed by atoms with Gasteiger partial charge >= 0.3 is 0 Å². The maximum atomic E-state index is 11.9. The molecule has 108 valence electrons. The zero-order chi connectivity index (χ0) is 15.4. The number of halogens is 3. The van der Waals surface area contributed by atoms with E-state index in [-0.39, 0.29) is 11.7 Å². The van der Waals surface area contributed by atoms with Crippen LogP contribution in [0.5, 0.6) is 5.75 Å². The Labute approximate surface area is 146 Å². The van der Waals surface area contributed by atoms with E-state index in [1.165, 1.54) is 6.21 Å². The zero-order valence-electron chi connectivity index (χ0n) is 10.5. The van der Waals surface area contributed by atoms with E-state index in [1.54, 1.807) is 30.3 Å². The van der Waals surface area contributed by atoms with E-state index in [2.05, 4.69) is 58.3 Å². The molecule has 4 nitrogen and oxygen atoms in total. The molecule has 0 saturated carbocycles. The van der Waals surface area contributed by atoms with E-state index < -0.39 is 0 Å². The van der Waals surface area contributed by atoms with Crippen LogP contribution >= 0.6 is 47.8 Å². The van der Waals surface area contributed by atoms with Crippen LogP contribution in [0.25, 0.3) is 0 Å². The van der Waals surface area contributed by atoms with Gasteiger partial charge in [0.15, 0.2) is 0 Å². The second-order valence-corrected chi connectivity index (χ2v) is 6.81. The Morgan fingerprint density at radius 3 is 2.33 bits per heavy atom. The second-order valence-electron chi connectivity index (χ2n) is 4.06. The van der Waals surface area contributed by atoms with E-state index in [9.17, 15) is 9.90 Å². The van der Waals surface area contributed by atoms with Gasteiger partial charge in [0.25, 0.3) is 5.91 Å². The predicted octanol–water partition coefficient (Wildman–Crippen LogP) is 4.44. The first-order chi connectivity index (χ1) is 9.95. The van der Waals surface area contributed by atoms with Crippen LogP contribution in [0.15, 0.2) is 54.9 Å². The number of phenols is 1. The van der Waals surface area contributed by atoms with Crippen molar-refractivity contribution >= 4 is 59.9 Å². The third kappa shape index (κ3) is 4.66. The molecule has 0 spiro atoms. The monoisotopic (exact) mass is 474 g/mol. The third-order valence-corrected chi connectivity index (χ3v) is 3.90. The summed E-state index contributed by atoms with van der Waals surface area (Å²) in [5.41, 5.74) is 3.38. The van der Waals surface area contributed by atoms with E-state index in [0.717, 1.165) is 13.4 Å². The number of rotatable bonds is 3. The van der Waals surface area contributed by atoms with E-state index in [1.807, 2.05) is 6.07 Å². The van der Waals surface area contributed by atoms with Gasteiger partial charge in [0, 0.05) is 24.5 Å². The number of phenolic OH excluding ortho intramolecular Hbond substituents is 1. The Balaban J connectivity index is 2.08. The normalized spacial score (nSPS) is 10.8. The van der Waals surface area contributed by atoms with Crippen LogP contribution in [0.1, 0.15) is 15.9 Å². The van der Waals surface area contributed by atoms with Crippen LogP contribution in [-0.2, 0) is 0 Å². The van der Waals surface area contributed by atoms with Gasteiger partial charge < -0.3 is 5.11 Å². The minimum absolute atomic E-state index is 0.0765. The SMILES string of the molecule is O=C(NN=Cc1ccc(Br)cc1O)c1cc(Br)cc(Br)c1. The van der Waals surface area contributed by atoms with Crippen molar-refractivity contribution in [2.75, 3.05) is 0 Å². The van der Waals surface area contributed by atoms with Crippen molar-refractivity contribution in [2.45, 2.75) is 0 Å². The summed E-state index contributed by atoms with van der Waals surface area (Å²) in [5, 5.41) is 13.5. The molecule has 0 bridgehead atoms. The number of hydrogen-bond acceptors (Lipinski definition) is 3. The molecule has 2 aromatic carbocycles. The van der Waals surface area contributed by atoms with Crippen LogP contribution in [0, 0.1) is 0 Å². The number of carbonyl (C=O) groups is 1. The summed E-state index contributed by atoms with van der Waals surface area (Å²) < 4.78 is 2.34.